The summed E-state index contributed by atoms with van der Waals surface area (Å²) >= 11 is 0. The van der Waals surface area contributed by atoms with Gasteiger partial charge in [0.05, 0.1) is 5.92 Å². The third-order valence-electron chi connectivity index (χ3n) is 3.47. The second-order valence-electron chi connectivity index (χ2n) is 4.31. The SMILES string of the molecule is O=C1CC[C@@H]2C[C@@H](C(=O)O)C[C@@H]2C1. The molecule has 3 nitrogen and oxygen atoms in total. The van der Waals surface area contributed by atoms with Gasteiger partial charge in [0.25, 0.3) is 0 Å². The fourth-order valence-electron chi connectivity index (χ4n) is 2.76. The van der Waals surface area contributed by atoms with Gasteiger partial charge >= 0.3 is 5.97 Å². The molecule has 0 aliphatic heterocycles. The van der Waals surface area contributed by atoms with Gasteiger partial charge in [-0.15, -0.1) is 0 Å². The molecule has 3 heteroatoms. The van der Waals surface area contributed by atoms with Crippen molar-refractivity contribution in [2.45, 2.75) is 32.1 Å². The van der Waals surface area contributed by atoms with Crippen molar-refractivity contribution >= 4 is 11.8 Å². The number of aliphatic carboxylic acids is 1. The van der Waals surface area contributed by atoms with Gasteiger partial charge in [0.15, 0.2) is 0 Å². The normalized spacial score (nSPS) is 38.8. The van der Waals surface area contributed by atoms with Crippen LogP contribution in [0.2, 0.25) is 0 Å². The third kappa shape index (κ3) is 1.60. The van der Waals surface area contributed by atoms with Crippen LogP contribution >= 0.6 is 0 Å². The van der Waals surface area contributed by atoms with Crippen LogP contribution in [0, 0.1) is 17.8 Å². The Morgan fingerprint density at radius 3 is 2.69 bits per heavy atom. The Morgan fingerprint density at radius 2 is 2.00 bits per heavy atom. The van der Waals surface area contributed by atoms with Gasteiger partial charge in [-0.3, -0.25) is 9.59 Å². The van der Waals surface area contributed by atoms with Gasteiger partial charge < -0.3 is 5.11 Å². The number of rotatable bonds is 1. The summed E-state index contributed by atoms with van der Waals surface area (Å²) in [7, 11) is 0. The number of carbonyl (C=O) groups is 2. The Kier molecular flexibility index (Phi) is 2.10. The molecule has 0 aromatic heterocycles. The lowest BCUT2D eigenvalue weighted by molar-refractivity contribution is -0.141. The molecule has 1 N–H and O–H groups in total. The van der Waals surface area contributed by atoms with Crippen molar-refractivity contribution in [1.29, 1.82) is 0 Å². The lowest BCUT2D eigenvalue weighted by Crippen LogP contribution is -2.19. The fourth-order valence-corrected chi connectivity index (χ4v) is 2.76. The van der Waals surface area contributed by atoms with Gasteiger partial charge in [0.1, 0.15) is 5.78 Å². The highest BCUT2D eigenvalue weighted by molar-refractivity contribution is 5.80. The maximum absolute atomic E-state index is 11.1. The number of fused-ring (bicyclic) bond motifs is 1. The van der Waals surface area contributed by atoms with Crippen LogP contribution in [-0.2, 0) is 9.59 Å². The molecule has 0 heterocycles. The first-order valence-corrected chi connectivity index (χ1v) is 4.91. The molecule has 0 radical (unpaired) electrons. The summed E-state index contributed by atoms with van der Waals surface area (Å²) in [6, 6.07) is 0. The smallest absolute Gasteiger partial charge is 0.306 e. The molecule has 0 spiro atoms. The van der Waals surface area contributed by atoms with Crippen molar-refractivity contribution in [3.8, 4) is 0 Å². The van der Waals surface area contributed by atoms with Crippen molar-refractivity contribution in [2.24, 2.45) is 17.8 Å². The maximum atomic E-state index is 11.1. The van der Waals surface area contributed by atoms with E-state index in [1.807, 2.05) is 0 Å². The van der Waals surface area contributed by atoms with Crippen molar-refractivity contribution < 1.29 is 14.7 Å². The van der Waals surface area contributed by atoms with Crippen LogP contribution in [0.15, 0.2) is 0 Å². The number of carboxylic acid groups (broad SMARTS) is 1. The van der Waals surface area contributed by atoms with Gasteiger partial charge in [-0.05, 0) is 31.1 Å². The average molecular weight is 182 g/mol. The maximum Gasteiger partial charge on any atom is 0.306 e. The molecule has 0 aromatic carbocycles. The van der Waals surface area contributed by atoms with Crippen molar-refractivity contribution in [3.63, 3.8) is 0 Å². The van der Waals surface area contributed by atoms with Gasteiger partial charge in [0, 0.05) is 12.8 Å². The predicted molar refractivity (Wildman–Crippen MR) is 46.2 cm³/mol. The summed E-state index contributed by atoms with van der Waals surface area (Å²) < 4.78 is 0. The van der Waals surface area contributed by atoms with Crippen LogP contribution in [0.25, 0.3) is 0 Å². The lowest BCUT2D eigenvalue weighted by Gasteiger charge is -2.23. The van der Waals surface area contributed by atoms with Crippen LogP contribution in [0.1, 0.15) is 32.1 Å². The zero-order valence-electron chi connectivity index (χ0n) is 7.53. The highest BCUT2D eigenvalue weighted by atomic mass is 16.4. The number of Topliss-reactive ketones (excluding diaryl/α,β-unsaturated/α-hetero) is 1. The van der Waals surface area contributed by atoms with Gasteiger partial charge in [-0.1, -0.05) is 0 Å². The zero-order valence-corrected chi connectivity index (χ0v) is 7.53. The largest absolute Gasteiger partial charge is 0.481 e. The van der Waals surface area contributed by atoms with Crippen molar-refractivity contribution in [2.75, 3.05) is 0 Å². The van der Waals surface area contributed by atoms with E-state index in [0.29, 0.717) is 30.5 Å². The Balaban J connectivity index is 2.02. The fraction of sp³-hybridized carbons (Fsp3) is 0.800. The molecule has 0 unspecified atom stereocenters. The van der Waals surface area contributed by atoms with E-state index >= 15 is 0 Å². The van der Waals surface area contributed by atoms with E-state index in [1.54, 1.807) is 0 Å². The minimum absolute atomic E-state index is 0.180. The van der Waals surface area contributed by atoms with Crippen LogP contribution in [0.3, 0.4) is 0 Å². The predicted octanol–water partition coefficient (Wildman–Crippen LogP) is 1.47. The van der Waals surface area contributed by atoms with E-state index < -0.39 is 5.97 Å². The number of ketones is 1. The van der Waals surface area contributed by atoms with E-state index in [9.17, 15) is 9.59 Å². The molecule has 2 aliphatic rings. The molecule has 2 saturated carbocycles. The summed E-state index contributed by atoms with van der Waals surface area (Å²) in [4.78, 5) is 21.9. The highest BCUT2D eigenvalue weighted by Gasteiger charge is 2.40. The molecule has 0 saturated heterocycles. The summed E-state index contributed by atoms with van der Waals surface area (Å²) in [6.45, 7) is 0. The Morgan fingerprint density at radius 1 is 1.31 bits per heavy atom. The zero-order chi connectivity index (χ0) is 9.42. The summed E-state index contributed by atoms with van der Waals surface area (Å²) in [5.74, 6) is 0.358. The van der Waals surface area contributed by atoms with Crippen LogP contribution < -0.4 is 0 Å². The summed E-state index contributed by atoms with van der Waals surface area (Å²) in [6.07, 6.45) is 3.76. The topological polar surface area (TPSA) is 54.4 Å². The van der Waals surface area contributed by atoms with Gasteiger partial charge in [-0.25, -0.2) is 0 Å². The first-order valence-electron chi connectivity index (χ1n) is 4.91. The van der Waals surface area contributed by atoms with Crippen molar-refractivity contribution in [1.82, 2.24) is 0 Å². The Labute approximate surface area is 77.1 Å². The minimum atomic E-state index is -0.679. The molecule has 13 heavy (non-hydrogen) atoms. The average Bonchev–Trinajstić information content (AvgIpc) is 2.46. The third-order valence-corrected chi connectivity index (χ3v) is 3.47. The van der Waals surface area contributed by atoms with Crippen LogP contribution in [-0.4, -0.2) is 16.9 Å². The lowest BCUT2D eigenvalue weighted by atomic mass is 9.81. The van der Waals surface area contributed by atoms with E-state index in [0.717, 1.165) is 19.3 Å². The highest BCUT2D eigenvalue weighted by Crippen LogP contribution is 2.44. The van der Waals surface area contributed by atoms with Gasteiger partial charge in [0.2, 0.25) is 0 Å². The number of carbonyl (C=O) groups excluding carboxylic acids is 1. The Hall–Kier alpha value is -0.860. The molecular weight excluding hydrogens is 168 g/mol. The quantitative estimate of drug-likeness (QED) is 0.668. The summed E-state index contributed by atoms with van der Waals surface area (Å²) in [5, 5.41) is 8.84. The van der Waals surface area contributed by atoms with Crippen LogP contribution in [0.4, 0.5) is 0 Å². The molecule has 2 rings (SSSR count). The number of hydrogen-bond donors (Lipinski definition) is 1. The number of carboxylic acids is 1. The molecular formula is C10H14O3. The molecule has 2 aliphatic carbocycles. The number of hydrogen-bond acceptors (Lipinski definition) is 2. The van der Waals surface area contributed by atoms with Gasteiger partial charge in [-0.2, -0.15) is 0 Å². The molecule has 72 valence electrons. The second kappa shape index (κ2) is 3.13. The van der Waals surface area contributed by atoms with Crippen molar-refractivity contribution in [3.05, 3.63) is 0 Å². The van der Waals surface area contributed by atoms with E-state index in [2.05, 4.69) is 0 Å². The monoisotopic (exact) mass is 182 g/mol. The molecule has 3 atom stereocenters. The molecule has 0 bridgehead atoms. The summed E-state index contributed by atoms with van der Waals surface area (Å²) in [5.41, 5.74) is 0. The molecule has 0 amide bonds. The first kappa shape index (κ1) is 8.73. The second-order valence-corrected chi connectivity index (χ2v) is 4.31. The molecule has 2 fully saturated rings. The standard InChI is InChI=1S/C10H14O3/c11-9-2-1-6-3-8(10(12)13)4-7(6)5-9/h6-8H,1-5H2,(H,12,13)/t6-,7-,8-/m1/s1. The first-order chi connectivity index (χ1) is 6.16. The van der Waals surface area contributed by atoms with Crippen LogP contribution in [0.5, 0.6) is 0 Å². The van der Waals surface area contributed by atoms with E-state index in [-0.39, 0.29) is 5.92 Å². The van der Waals surface area contributed by atoms with E-state index in [1.165, 1.54) is 0 Å². The minimum Gasteiger partial charge on any atom is -0.481 e. The van der Waals surface area contributed by atoms with E-state index in [4.69, 9.17) is 5.11 Å². The Bertz CT molecular complexity index is 247. The molecule has 0 aromatic rings.